The van der Waals surface area contributed by atoms with E-state index in [1.54, 1.807) is 38.3 Å². The first-order valence-electron chi connectivity index (χ1n) is 4.72. The molecule has 86 valence electrons. The Kier molecular flexibility index (Phi) is 3.94. The third-order valence-electron chi connectivity index (χ3n) is 2.13. The summed E-state index contributed by atoms with van der Waals surface area (Å²) in [4.78, 5) is 10.7. The molecular formula is C12H14O4. The summed E-state index contributed by atoms with van der Waals surface area (Å²) >= 11 is 0. The molecular weight excluding hydrogens is 208 g/mol. The van der Waals surface area contributed by atoms with Crippen molar-refractivity contribution in [1.29, 1.82) is 0 Å². The van der Waals surface area contributed by atoms with Gasteiger partial charge >= 0.3 is 5.97 Å². The monoisotopic (exact) mass is 222 g/mol. The molecule has 1 aromatic carbocycles. The Bertz CT molecular complexity index is 421. The highest BCUT2D eigenvalue weighted by molar-refractivity contribution is 5.91. The average molecular weight is 222 g/mol. The normalized spacial score (nSPS) is 11.1. The topological polar surface area (TPSA) is 55.8 Å². The highest BCUT2D eigenvalue weighted by atomic mass is 16.5. The summed E-state index contributed by atoms with van der Waals surface area (Å²) in [6.07, 6.45) is 1.57. The Morgan fingerprint density at radius 2 is 1.88 bits per heavy atom. The summed E-state index contributed by atoms with van der Waals surface area (Å²) in [5.41, 5.74) is 1.03. The average Bonchev–Trinajstić information content (AvgIpc) is 2.28. The minimum Gasteiger partial charge on any atom is -0.493 e. The summed E-state index contributed by atoms with van der Waals surface area (Å²) in [6.45, 7) is 1.54. The lowest BCUT2D eigenvalue weighted by molar-refractivity contribution is -0.132. The van der Waals surface area contributed by atoms with E-state index in [-0.39, 0.29) is 5.57 Å². The highest BCUT2D eigenvalue weighted by Gasteiger charge is 2.05. The fraction of sp³-hybridized carbons (Fsp3) is 0.250. The molecule has 0 aliphatic heterocycles. The molecule has 1 aromatic rings. The van der Waals surface area contributed by atoms with E-state index in [0.717, 1.165) is 5.56 Å². The Morgan fingerprint density at radius 1 is 1.25 bits per heavy atom. The van der Waals surface area contributed by atoms with Crippen molar-refractivity contribution >= 4 is 12.0 Å². The van der Waals surface area contributed by atoms with Crippen molar-refractivity contribution in [2.24, 2.45) is 0 Å². The molecule has 0 aliphatic rings. The van der Waals surface area contributed by atoms with Gasteiger partial charge in [0.1, 0.15) is 0 Å². The molecule has 16 heavy (non-hydrogen) atoms. The van der Waals surface area contributed by atoms with Gasteiger partial charge in [-0.05, 0) is 30.7 Å². The van der Waals surface area contributed by atoms with Gasteiger partial charge in [-0.1, -0.05) is 6.07 Å². The second-order valence-corrected chi connectivity index (χ2v) is 3.25. The zero-order valence-electron chi connectivity index (χ0n) is 9.48. The van der Waals surface area contributed by atoms with Gasteiger partial charge in [-0.3, -0.25) is 0 Å². The van der Waals surface area contributed by atoms with Gasteiger partial charge in [-0.15, -0.1) is 0 Å². The van der Waals surface area contributed by atoms with Crippen LogP contribution in [0.3, 0.4) is 0 Å². The van der Waals surface area contributed by atoms with Crippen LogP contribution in [0.2, 0.25) is 0 Å². The zero-order valence-corrected chi connectivity index (χ0v) is 9.48. The lowest BCUT2D eigenvalue weighted by Crippen LogP contribution is -1.96. The number of methoxy groups -OCH3 is 2. The van der Waals surface area contributed by atoms with Gasteiger partial charge in [0.25, 0.3) is 0 Å². The number of aliphatic carboxylic acids is 1. The maximum Gasteiger partial charge on any atom is 0.331 e. The number of hydrogen-bond donors (Lipinski definition) is 1. The van der Waals surface area contributed by atoms with E-state index in [2.05, 4.69) is 0 Å². The molecule has 4 nitrogen and oxygen atoms in total. The number of benzene rings is 1. The molecule has 0 saturated carbocycles. The van der Waals surface area contributed by atoms with Crippen molar-refractivity contribution in [3.63, 3.8) is 0 Å². The van der Waals surface area contributed by atoms with Crippen molar-refractivity contribution in [3.05, 3.63) is 29.3 Å². The Balaban J connectivity index is 3.09. The molecule has 0 amide bonds. The molecule has 0 fully saturated rings. The van der Waals surface area contributed by atoms with Crippen LogP contribution < -0.4 is 9.47 Å². The second-order valence-electron chi connectivity index (χ2n) is 3.25. The fourth-order valence-corrected chi connectivity index (χ4v) is 1.25. The molecule has 0 unspecified atom stereocenters. The van der Waals surface area contributed by atoms with Crippen LogP contribution in [-0.4, -0.2) is 25.3 Å². The first-order valence-corrected chi connectivity index (χ1v) is 4.72. The molecule has 0 radical (unpaired) electrons. The van der Waals surface area contributed by atoms with Crippen LogP contribution in [0.25, 0.3) is 6.08 Å². The first-order chi connectivity index (χ1) is 7.58. The van der Waals surface area contributed by atoms with Crippen LogP contribution >= 0.6 is 0 Å². The largest absolute Gasteiger partial charge is 0.493 e. The van der Waals surface area contributed by atoms with Crippen LogP contribution in [0.5, 0.6) is 11.5 Å². The van der Waals surface area contributed by atoms with Crippen molar-refractivity contribution in [1.82, 2.24) is 0 Å². The Hall–Kier alpha value is -1.97. The minimum absolute atomic E-state index is 0.271. The number of rotatable bonds is 4. The first kappa shape index (κ1) is 12.1. The van der Waals surface area contributed by atoms with E-state index in [4.69, 9.17) is 14.6 Å². The van der Waals surface area contributed by atoms with Gasteiger partial charge in [-0.25, -0.2) is 4.79 Å². The van der Waals surface area contributed by atoms with Gasteiger partial charge in [0, 0.05) is 5.57 Å². The summed E-state index contributed by atoms with van der Waals surface area (Å²) in [6, 6.07) is 5.23. The van der Waals surface area contributed by atoms with Crippen LogP contribution in [0, 0.1) is 0 Å². The summed E-state index contributed by atoms with van der Waals surface area (Å²) in [5.74, 6) is 0.261. The summed E-state index contributed by atoms with van der Waals surface area (Å²) < 4.78 is 10.2. The molecule has 0 saturated heterocycles. The van der Waals surface area contributed by atoms with Crippen LogP contribution in [0.15, 0.2) is 23.8 Å². The predicted octanol–water partition coefficient (Wildman–Crippen LogP) is 2.19. The maximum atomic E-state index is 10.7. The lowest BCUT2D eigenvalue weighted by atomic mass is 10.1. The number of carbonyl (C=O) groups is 1. The van der Waals surface area contributed by atoms with E-state index < -0.39 is 5.97 Å². The fourth-order valence-electron chi connectivity index (χ4n) is 1.25. The van der Waals surface area contributed by atoms with Crippen molar-refractivity contribution in [2.75, 3.05) is 14.2 Å². The van der Waals surface area contributed by atoms with E-state index in [0.29, 0.717) is 11.5 Å². The lowest BCUT2D eigenvalue weighted by Gasteiger charge is -2.07. The summed E-state index contributed by atoms with van der Waals surface area (Å²) in [5, 5.41) is 8.75. The second kappa shape index (κ2) is 5.21. The third kappa shape index (κ3) is 2.76. The zero-order chi connectivity index (χ0) is 12.1. The predicted molar refractivity (Wildman–Crippen MR) is 60.8 cm³/mol. The third-order valence-corrected chi connectivity index (χ3v) is 2.13. The molecule has 0 aromatic heterocycles. The van der Waals surface area contributed by atoms with E-state index in [1.165, 1.54) is 7.11 Å². The highest BCUT2D eigenvalue weighted by Crippen LogP contribution is 2.28. The Labute approximate surface area is 94.1 Å². The van der Waals surface area contributed by atoms with E-state index in [9.17, 15) is 4.79 Å². The molecule has 1 N–H and O–H groups in total. The summed E-state index contributed by atoms with van der Waals surface area (Å²) in [7, 11) is 3.09. The number of hydrogen-bond acceptors (Lipinski definition) is 3. The number of carboxylic acid groups (broad SMARTS) is 1. The van der Waals surface area contributed by atoms with Crippen LogP contribution in [0.4, 0.5) is 0 Å². The molecule has 0 heterocycles. The van der Waals surface area contributed by atoms with Crippen molar-refractivity contribution in [3.8, 4) is 11.5 Å². The quantitative estimate of drug-likeness (QED) is 0.793. The molecule has 0 aliphatic carbocycles. The SMILES string of the molecule is COc1ccc(/C=C(/C)C(=O)O)cc1OC. The molecule has 0 spiro atoms. The van der Waals surface area contributed by atoms with E-state index >= 15 is 0 Å². The standard InChI is InChI=1S/C12H14O4/c1-8(12(13)14)6-9-4-5-10(15-2)11(7-9)16-3/h4-7H,1-3H3,(H,13,14)/b8-6-. The minimum atomic E-state index is -0.935. The number of ether oxygens (including phenoxy) is 2. The molecule has 0 bridgehead atoms. The Morgan fingerprint density at radius 3 is 2.38 bits per heavy atom. The van der Waals surface area contributed by atoms with Gasteiger partial charge in [0.05, 0.1) is 14.2 Å². The van der Waals surface area contributed by atoms with E-state index in [1.807, 2.05) is 0 Å². The van der Waals surface area contributed by atoms with Gasteiger partial charge in [0.15, 0.2) is 11.5 Å². The van der Waals surface area contributed by atoms with Crippen LogP contribution in [0.1, 0.15) is 12.5 Å². The van der Waals surface area contributed by atoms with Gasteiger partial charge in [-0.2, -0.15) is 0 Å². The molecule has 1 rings (SSSR count). The number of carboxylic acids is 1. The maximum absolute atomic E-state index is 10.7. The van der Waals surface area contributed by atoms with Gasteiger partial charge in [0.2, 0.25) is 0 Å². The smallest absolute Gasteiger partial charge is 0.331 e. The molecule has 4 heteroatoms. The van der Waals surface area contributed by atoms with Crippen molar-refractivity contribution < 1.29 is 19.4 Å². The van der Waals surface area contributed by atoms with Crippen molar-refractivity contribution in [2.45, 2.75) is 6.92 Å². The molecule has 0 atom stereocenters. The van der Waals surface area contributed by atoms with Crippen LogP contribution in [-0.2, 0) is 4.79 Å². The van der Waals surface area contributed by atoms with Gasteiger partial charge < -0.3 is 14.6 Å².